The first-order valence-electron chi connectivity index (χ1n) is 4.82. The van der Waals surface area contributed by atoms with Crippen molar-refractivity contribution in [1.82, 2.24) is 10.2 Å². The minimum absolute atomic E-state index is 1.17. The van der Waals surface area contributed by atoms with Gasteiger partial charge in [0, 0.05) is 12.2 Å². The summed E-state index contributed by atoms with van der Waals surface area (Å²) in [5.41, 5.74) is 1.44. The van der Waals surface area contributed by atoms with Crippen molar-refractivity contribution in [2.45, 2.75) is 26.7 Å². The van der Waals surface area contributed by atoms with Crippen LogP contribution in [-0.4, -0.2) is 17.3 Å². The van der Waals surface area contributed by atoms with Gasteiger partial charge in [-0.2, -0.15) is 10.5 Å². The van der Waals surface area contributed by atoms with E-state index in [0.717, 1.165) is 0 Å². The normalized spacial score (nSPS) is 13.1. The highest BCUT2D eigenvalue weighted by atomic mass is 32.2. The zero-order valence-corrected chi connectivity index (χ0v) is 9.97. The molecule has 1 rings (SSSR count). The van der Waals surface area contributed by atoms with Crippen LogP contribution in [0, 0.1) is 22.9 Å². The molecule has 0 fully saturated rings. The van der Waals surface area contributed by atoms with Gasteiger partial charge in [0.25, 0.3) is 0 Å². The number of nitrogens with one attached hydrogen (secondary N) is 1. The Morgan fingerprint density at radius 3 is 2.53 bits per heavy atom. The van der Waals surface area contributed by atoms with Crippen LogP contribution in [-0.2, 0) is 0 Å². The van der Waals surface area contributed by atoms with Crippen molar-refractivity contribution in [3.8, 4) is 12.4 Å². The van der Waals surface area contributed by atoms with Crippen molar-refractivity contribution >= 4 is 11.8 Å². The Kier molecular flexibility index (Phi) is 8.42. The third-order valence-electron chi connectivity index (χ3n) is 1.88. The summed E-state index contributed by atoms with van der Waals surface area (Å²) in [4.78, 5) is 2.44. The third-order valence-corrected chi connectivity index (χ3v) is 2.84. The summed E-state index contributed by atoms with van der Waals surface area (Å²) in [6, 6.07) is 0. The first-order valence-corrected chi connectivity index (χ1v) is 5.87. The molecule has 0 aromatic carbocycles. The van der Waals surface area contributed by atoms with Crippen molar-refractivity contribution in [2.24, 2.45) is 0 Å². The number of unbranched alkanes of at least 4 members (excludes halogenated alkanes) is 1. The smallest absolute Gasteiger partial charge is 0.190 e. The third kappa shape index (κ3) is 6.70. The van der Waals surface area contributed by atoms with E-state index in [1.807, 2.05) is 11.8 Å². The van der Waals surface area contributed by atoms with Gasteiger partial charge in [-0.15, -0.1) is 11.8 Å². The monoisotopic (exact) mass is 224 g/mol. The molecule has 5 heteroatoms. The van der Waals surface area contributed by atoms with Crippen LogP contribution in [0.3, 0.4) is 0 Å². The van der Waals surface area contributed by atoms with E-state index in [0.29, 0.717) is 0 Å². The molecule has 0 spiro atoms. The summed E-state index contributed by atoms with van der Waals surface area (Å²) in [7, 11) is 0. The number of thioether (sulfide) groups is 1. The predicted octanol–water partition coefficient (Wildman–Crippen LogP) is 2.19. The van der Waals surface area contributed by atoms with Crippen LogP contribution < -0.4 is 5.32 Å². The maximum Gasteiger partial charge on any atom is 0.190 e. The van der Waals surface area contributed by atoms with Crippen molar-refractivity contribution in [3.05, 3.63) is 11.1 Å². The van der Waals surface area contributed by atoms with E-state index in [-0.39, 0.29) is 0 Å². The summed E-state index contributed by atoms with van der Waals surface area (Å²) in [6.45, 7) is 5.67. The molecule has 0 aliphatic carbocycles. The number of hydrogen-bond acceptors (Lipinski definition) is 5. The van der Waals surface area contributed by atoms with E-state index in [1.165, 1.54) is 43.3 Å². The zero-order valence-electron chi connectivity index (χ0n) is 9.16. The number of nitrogens with zero attached hydrogens (tertiary/aromatic N) is 3. The Labute approximate surface area is 95.6 Å². The van der Waals surface area contributed by atoms with Gasteiger partial charge in [0.2, 0.25) is 0 Å². The lowest BCUT2D eigenvalue weighted by molar-refractivity contribution is 0.400. The molecule has 0 saturated carbocycles. The fourth-order valence-electron chi connectivity index (χ4n) is 1.04. The highest BCUT2D eigenvalue weighted by Crippen LogP contribution is 2.22. The highest BCUT2D eigenvalue weighted by Gasteiger charge is 2.09. The molecule has 0 unspecified atom stereocenters. The lowest BCUT2D eigenvalue weighted by atomic mass is 10.3. The summed E-state index contributed by atoms with van der Waals surface area (Å²) in [6.07, 6.45) is 5.44. The molecular formula is C10H16N4S. The number of nitriles is 2. The number of rotatable bonds is 3. The van der Waals surface area contributed by atoms with Gasteiger partial charge in [0.05, 0.1) is 5.88 Å². The van der Waals surface area contributed by atoms with Crippen LogP contribution in [0.4, 0.5) is 0 Å². The van der Waals surface area contributed by atoms with Gasteiger partial charge < -0.3 is 4.90 Å². The minimum atomic E-state index is 1.17. The van der Waals surface area contributed by atoms with Gasteiger partial charge in [0.15, 0.2) is 12.4 Å². The van der Waals surface area contributed by atoms with Gasteiger partial charge in [0.1, 0.15) is 0 Å². The Balaban J connectivity index is 0.000000336. The average Bonchev–Trinajstić information content (AvgIpc) is 2.63. The summed E-state index contributed by atoms with van der Waals surface area (Å²) >= 11 is 1.90. The second-order valence-corrected chi connectivity index (χ2v) is 3.85. The van der Waals surface area contributed by atoms with Crippen molar-refractivity contribution in [2.75, 3.05) is 12.4 Å². The Morgan fingerprint density at radius 2 is 2.20 bits per heavy atom. The molecular weight excluding hydrogens is 208 g/mol. The molecule has 0 radical (unpaired) electrons. The fraction of sp³-hybridized carbons (Fsp3) is 0.600. The summed E-state index contributed by atoms with van der Waals surface area (Å²) in [5, 5.41) is 18.9. The standard InChI is InChI=1S/C8H15NS.C2HN3/c1-3-4-5-9-7-10-6-8(9)2;3-1-5-2-4/h6H,3-5,7H2,1-2H3;5H. The molecule has 0 amide bonds. The van der Waals surface area contributed by atoms with Crippen LogP contribution in [0.15, 0.2) is 11.1 Å². The second kappa shape index (κ2) is 9.23. The molecule has 0 aromatic rings. The van der Waals surface area contributed by atoms with Crippen LogP contribution in [0.2, 0.25) is 0 Å². The van der Waals surface area contributed by atoms with Crippen molar-refractivity contribution in [1.29, 1.82) is 10.5 Å². The lowest BCUT2D eigenvalue weighted by Gasteiger charge is -2.17. The van der Waals surface area contributed by atoms with E-state index in [1.54, 1.807) is 5.32 Å². The average molecular weight is 224 g/mol. The molecule has 15 heavy (non-hydrogen) atoms. The van der Waals surface area contributed by atoms with E-state index >= 15 is 0 Å². The molecule has 1 aliphatic rings. The first-order chi connectivity index (χ1) is 7.26. The SMILES string of the molecule is CCCCN1CSC=C1C.N#CNC#N. The largest absolute Gasteiger partial charge is 0.365 e. The quantitative estimate of drug-likeness (QED) is 0.588. The van der Waals surface area contributed by atoms with E-state index in [4.69, 9.17) is 10.5 Å². The molecule has 1 N–H and O–H groups in total. The summed E-state index contributed by atoms with van der Waals surface area (Å²) < 4.78 is 0. The summed E-state index contributed by atoms with van der Waals surface area (Å²) in [5.74, 6) is 1.17. The molecule has 1 aliphatic heterocycles. The number of hydrogen-bond donors (Lipinski definition) is 1. The Bertz CT molecular complexity index is 262. The molecule has 0 saturated heterocycles. The minimum Gasteiger partial charge on any atom is -0.365 e. The van der Waals surface area contributed by atoms with E-state index in [9.17, 15) is 0 Å². The van der Waals surface area contributed by atoms with Gasteiger partial charge in [-0.3, -0.25) is 0 Å². The molecule has 82 valence electrons. The van der Waals surface area contributed by atoms with E-state index in [2.05, 4.69) is 24.2 Å². The van der Waals surface area contributed by atoms with Crippen molar-refractivity contribution in [3.63, 3.8) is 0 Å². The fourth-order valence-corrected chi connectivity index (χ4v) is 2.02. The van der Waals surface area contributed by atoms with Crippen LogP contribution in [0.25, 0.3) is 0 Å². The van der Waals surface area contributed by atoms with Crippen LogP contribution in [0.5, 0.6) is 0 Å². The molecule has 0 atom stereocenters. The second-order valence-electron chi connectivity index (χ2n) is 3.02. The zero-order chi connectivity index (χ0) is 11.5. The number of allylic oxidation sites excluding steroid dienone is 1. The maximum absolute atomic E-state index is 7.48. The van der Waals surface area contributed by atoms with Crippen molar-refractivity contribution < 1.29 is 0 Å². The van der Waals surface area contributed by atoms with Gasteiger partial charge >= 0.3 is 0 Å². The van der Waals surface area contributed by atoms with E-state index < -0.39 is 0 Å². The molecule has 0 aromatic heterocycles. The highest BCUT2D eigenvalue weighted by molar-refractivity contribution is 8.02. The van der Waals surface area contributed by atoms with Crippen LogP contribution in [0.1, 0.15) is 26.7 Å². The first kappa shape index (κ1) is 13.7. The van der Waals surface area contributed by atoms with Crippen LogP contribution >= 0.6 is 11.8 Å². The maximum atomic E-state index is 7.48. The van der Waals surface area contributed by atoms with Gasteiger partial charge in [-0.1, -0.05) is 13.3 Å². The van der Waals surface area contributed by atoms with Gasteiger partial charge in [-0.25, -0.2) is 5.32 Å². The lowest BCUT2D eigenvalue weighted by Crippen LogP contribution is -2.18. The predicted molar refractivity (Wildman–Crippen MR) is 62.2 cm³/mol. The molecule has 4 nitrogen and oxygen atoms in total. The molecule has 0 bridgehead atoms. The topological polar surface area (TPSA) is 62.9 Å². The van der Waals surface area contributed by atoms with Gasteiger partial charge in [-0.05, 0) is 18.8 Å². The Morgan fingerprint density at radius 1 is 1.53 bits per heavy atom. The Hall–Kier alpha value is -1.33. The molecule has 1 heterocycles.